The number of fused-ring (bicyclic) bond motifs is 1. The van der Waals surface area contributed by atoms with E-state index in [-0.39, 0.29) is 0 Å². The number of nitrogens with zero attached hydrogens (tertiary/aromatic N) is 1. The van der Waals surface area contributed by atoms with Gasteiger partial charge in [0.2, 0.25) is 0 Å². The monoisotopic (exact) mass is 161 g/mol. The summed E-state index contributed by atoms with van der Waals surface area (Å²) in [6.07, 6.45) is 1.01. The minimum Gasteiger partial charge on any atom is -0.443 e. The lowest BCUT2D eigenvalue weighted by molar-refractivity contribution is 0.152. The first-order valence-electron chi connectivity index (χ1n) is 3.65. The largest absolute Gasteiger partial charge is 0.443 e. The Labute approximate surface area is 69.7 Å². The summed E-state index contributed by atoms with van der Waals surface area (Å²) in [6.45, 7) is 0.314. The third kappa shape index (κ3) is 1.21. The van der Waals surface area contributed by atoms with Gasteiger partial charge in [-0.3, -0.25) is 0 Å². The van der Waals surface area contributed by atoms with Crippen molar-refractivity contribution in [2.75, 3.05) is 0 Å². The molecule has 0 radical (unpaired) electrons. The molecule has 1 heterocycles. The molecule has 0 spiro atoms. The summed E-state index contributed by atoms with van der Waals surface area (Å²) >= 11 is 0. The maximum Gasteiger partial charge on any atom is 0.433 e. The summed E-state index contributed by atoms with van der Waals surface area (Å²) in [4.78, 5) is 14.3. The van der Waals surface area contributed by atoms with Gasteiger partial charge >= 0.3 is 6.09 Å². The summed E-state index contributed by atoms with van der Waals surface area (Å²) in [5, 5.41) is 0. The number of rotatable bonds is 0. The first-order valence-corrected chi connectivity index (χ1v) is 3.65. The molecule has 0 unspecified atom stereocenters. The maximum absolute atomic E-state index is 10.7. The second-order valence-electron chi connectivity index (χ2n) is 2.51. The molecule has 0 fully saturated rings. The minimum atomic E-state index is -0.522. The fourth-order valence-corrected chi connectivity index (χ4v) is 1.09. The normalized spacial score (nSPS) is 14.8. The lowest BCUT2D eigenvalue weighted by atomic mass is 10.1. The van der Waals surface area contributed by atoms with Crippen LogP contribution in [0.25, 0.3) is 0 Å². The van der Waals surface area contributed by atoms with Gasteiger partial charge in [-0.1, -0.05) is 24.3 Å². The molecule has 1 aliphatic rings. The van der Waals surface area contributed by atoms with Gasteiger partial charge in [-0.05, 0) is 11.1 Å². The van der Waals surface area contributed by atoms with Crippen molar-refractivity contribution in [3.8, 4) is 0 Å². The number of hydrogen-bond acceptors (Lipinski definition) is 2. The van der Waals surface area contributed by atoms with E-state index in [1.807, 2.05) is 24.3 Å². The Morgan fingerprint density at radius 3 is 3.08 bits per heavy atom. The topological polar surface area (TPSA) is 38.7 Å². The van der Waals surface area contributed by atoms with Crippen molar-refractivity contribution in [1.29, 1.82) is 0 Å². The van der Waals surface area contributed by atoms with E-state index in [0.29, 0.717) is 6.61 Å². The highest BCUT2D eigenvalue weighted by atomic mass is 16.5. The molecule has 0 saturated heterocycles. The Balaban J connectivity index is 2.45. The van der Waals surface area contributed by atoms with Gasteiger partial charge in [0, 0.05) is 6.21 Å². The van der Waals surface area contributed by atoms with Crippen molar-refractivity contribution < 1.29 is 9.53 Å². The molecule has 3 nitrogen and oxygen atoms in total. The van der Waals surface area contributed by atoms with Crippen LogP contribution in [0, 0.1) is 0 Å². The highest BCUT2D eigenvalue weighted by Crippen LogP contribution is 2.10. The van der Waals surface area contributed by atoms with E-state index < -0.39 is 6.09 Å². The Hall–Kier alpha value is -1.64. The van der Waals surface area contributed by atoms with Crippen LogP contribution in [0.3, 0.4) is 0 Å². The molecule has 3 heteroatoms. The maximum atomic E-state index is 10.7. The van der Waals surface area contributed by atoms with Gasteiger partial charge in [-0.25, -0.2) is 4.79 Å². The van der Waals surface area contributed by atoms with E-state index in [1.54, 1.807) is 0 Å². The van der Waals surface area contributed by atoms with Crippen LogP contribution in [0.4, 0.5) is 4.79 Å². The molecule has 1 aromatic rings. The zero-order valence-electron chi connectivity index (χ0n) is 6.36. The third-order valence-corrected chi connectivity index (χ3v) is 1.72. The molecule has 60 valence electrons. The van der Waals surface area contributed by atoms with Crippen LogP contribution in [0.1, 0.15) is 11.1 Å². The van der Waals surface area contributed by atoms with E-state index in [4.69, 9.17) is 4.74 Å². The zero-order valence-corrected chi connectivity index (χ0v) is 6.36. The van der Waals surface area contributed by atoms with Crippen molar-refractivity contribution >= 4 is 12.3 Å². The van der Waals surface area contributed by atoms with Crippen molar-refractivity contribution in [3.05, 3.63) is 35.4 Å². The summed E-state index contributed by atoms with van der Waals surface area (Å²) in [5.41, 5.74) is 1.94. The number of ether oxygens (including phenoxy) is 1. The molecule has 1 aromatic carbocycles. The van der Waals surface area contributed by atoms with Crippen LogP contribution in [-0.4, -0.2) is 12.3 Å². The van der Waals surface area contributed by atoms with Gasteiger partial charge in [0.15, 0.2) is 0 Å². The van der Waals surface area contributed by atoms with Gasteiger partial charge in [0.25, 0.3) is 0 Å². The molecule has 0 bridgehead atoms. The summed E-state index contributed by atoms with van der Waals surface area (Å²) in [6, 6.07) is 7.63. The van der Waals surface area contributed by atoms with Crippen molar-refractivity contribution in [2.24, 2.45) is 4.99 Å². The molecule has 0 atom stereocenters. The molecule has 0 aliphatic carbocycles. The molecule has 0 aromatic heterocycles. The Bertz CT molecular complexity index is 344. The average Bonchev–Trinajstić information content (AvgIpc) is 2.29. The zero-order chi connectivity index (χ0) is 8.39. The number of amides is 1. The number of hydrogen-bond donors (Lipinski definition) is 0. The number of carbonyl (C=O) groups excluding carboxylic acids is 1. The fraction of sp³-hybridized carbons (Fsp3) is 0.111. The molecule has 1 aliphatic heterocycles. The van der Waals surface area contributed by atoms with Crippen molar-refractivity contribution in [2.45, 2.75) is 6.61 Å². The molecular weight excluding hydrogens is 154 g/mol. The predicted molar refractivity (Wildman–Crippen MR) is 44.2 cm³/mol. The molecule has 1 amide bonds. The van der Waals surface area contributed by atoms with Crippen LogP contribution >= 0.6 is 0 Å². The first-order chi connectivity index (χ1) is 5.86. The molecule has 0 N–H and O–H groups in total. The van der Waals surface area contributed by atoms with E-state index in [2.05, 4.69) is 4.99 Å². The number of cyclic esters (lactones) is 1. The van der Waals surface area contributed by atoms with Gasteiger partial charge in [-0.15, -0.1) is 0 Å². The second-order valence-corrected chi connectivity index (χ2v) is 2.51. The molecular formula is C9H7NO2. The summed E-state index contributed by atoms with van der Waals surface area (Å²) in [5.74, 6) is 0. The highest BCUT2D eigenvalue weighted by molar-refractivity contribution is 5.91. The van der Waals surface area contributed by atoms with Gasteiger partial charge in [-0.2, -0.15) is 4.99 Å². The fourth-order valence-electron chi connectivity index (χ4n) is 1.09. The Kier molecular flexibility index (Phi) is 1.63. The standard InChI is InChI=1S/C9H7NO2/c11-9-10-5-7-3-1-2-4-8(7)6-12-9/h1-5H,6H2. The van der Waals surface area contributed by atoms with E-state index in [1.165, 1.54) is 6.21 Å². The third-order valence-electron chi connectivity index (χ3n) is 1.72. The minimum absolute atomic E-state index is 0.314. The average molecular weight is 161 g/mol. The van der Waals surface area contributed by atoms with Crippen LogP contribution in [0.2, 0.25) is 0 Å². The predicted octanol–water partition coefficient (Wildman–Crippen LogP) is 1.76. The molecule has 0 saturated carbocycles. The molecule has 2 rings (SSSR count). The lowest BCUT2D eigenvalue weighted by Crippen LogP contribution is -1.95. The van der Waals surface area contributed by atoms with E-state index in [0.717, 1.165) is 11.1 Å². The smallest absolute Gasteiger partial charge is 0.433 e. The Morgan fingerprint density at radius 2 is 2.17 bits per heavy atom. The van der Waals surface area contributed by atoms with Crippen LogP contribution in [-0.2, 0) is 11.3 Å². The summed E-state index contributed by atoms with van der Waals surface area (Å²) in [7, 11) is 0. The van der Waals surface area contributed by atoms with Crippen molar-refractivity contribution in [1.82, 2.24) is 0 Å². The van der Waals surface area contributed by atoms with Crippen LogP contribution in [0.5, 0.6) is 0 Å². The lowest BCUT2D eigenvalue weighted by Gasteiger charge is -2.00. The van der Waals surface area contributed by atoms with Crippen LogP contribution < -0.4 is 0 Å². The molecule has 12 heavy (non-hydrogen) atoms. The quantitative estimate of drug-likeness (QED) is 0.581. The van der Waals surface area contributed by atoms with Crippen LogP contribution in [0.15, 0.2) is 29.3 Å². The van der Waals surface area contributed by atoms with E-state index in [9.17, 15) is 4.79 Å². The highest BCUT2D eigenvalue weighted by Gasteiger charge is 2.07. The number of aliphatic imine (C=N–C) groups is 1. The van der Waals surface area contributed by atoms with Gasteiger partial charge < -0.3 is 4.74 Å². The van der Waals surface area contributed by atoms with Gasteiger partial charge in [0.05, 0.1) is 0 Å². The number of benzene rings is 1. The van der Waals surface area contributed by atoms with E-state index >= 15 is 0 Å². The number of carbonyl (C=O) groups is 1. The second kappa shape index (κ2) is 2.77. The van der Waals surface area contributed by atoms with Gasteiger partial charge in [0.1, 0.15) is 6.61 Å². The Morgan fingerprint density at radius 1 is 1.33 bits per heavy atom. The summed E-state index contributed by atoms with van der Waals surface area (Å²) < 4.78 is 4.79. The van der Waals surface area contributed by atoms with Crippen molar-refractivity contribution in [3.63, 3.8) is 0 Å². The first kappa shape index (κ1) is 7.03. The SMILES string of the molecule is O=C1N=Cc2ccccc2CO1.